The fourth-order valence-corrected chi connectivity index (χ4v) is 6.58. The fraction of sp³-hybridized carbons (Fsp3) is 0.167. The van der Waals surface area contributed by atoms with Crippen LogP contribution in [0, 0.1) is 40.5 Å². The van der Waals surface area contributed by atoms with Gasteiger partial charge in [0, 0.05) is 120 Å². The Hall–Kier alpha value is -10.1. The second-order valence-electron chi connectivity index (χ2n) is 15.2. The first-order valence-corrected chi connectivity index (χ1v) is 21.7. The Morgan fingerprint density at radius 3 is 0.770 bits per heavy atom. The summed E-state index contributed by atoms with van der Waals surface area (Å²) in [6, 6.07) is 19.1. The molecule has 0 saturated heterocycles. The Bertz CT molecular complexity index is 2810. The number of nitrogens with zero attached hydrogens (tertiary/aromatic N) is 8. The minimum atomic E-state index is -0.646. The standard InChI is InChI=1S/C48H40N8O18/c57-41-5-1-33(53(61)62)17-29(41)25-49-37-21-45-46(22-38(37)50-26-30-18-34(54(63)64)2-6-42(30)58)72-14-10-70-12-16-74-48-24-40(52-28-32-20-36(56(67)68)4-8-44(32)60)39(23-47(48)73-15-11-69-9-13-71-45)51-27-31-19-35(55(65)66)3-7-43(31)59/h1-8,17-28,57-60H,9-16H2. The first kappa shape index (κ1) is 51.8. The van der Waals surface area contributed by atoms with Crippen molar-refractivity contribution in [2.24, 2.45) is 20.0 Å². The van der Waals surface area contributed by atoms with Crippen molar-refractivity contribution in [3.05, 3.63) is 160 Å². The predicted octanol–water partition coefficient (Wildman–Crippen LogP) is 8.41. The molecule has 0 aromatic heterocycles. The molecule has 0 saturated carbocycles. The van der Waals surface area contributed by atoms with Crippen LogP contribution in [-0.4, -0.2) is 118 Å². The van der Waals surface area contributed by atoms with Gasteiger partial charge in [0.1, 0.15) is 49.4 Å². The van der Waals surface area contributed by atoms with E-state index in [0.29, 0.717) is 0 Å². The van der Waals surface area contributed by atoms with Crippen LogP contribution in [0.25, 0.3) is 0 Å². The monoisotopic (exact) mass is 1020 g/mol. The van der Waals surface area contributed by atoms with E-state index in [-0.39, 0.29) is 167 Å². The summed E-state index contributed by atoms with van der Waals surface area (Å²) in [7, 11) is 0. The number of hydrogen-bond acceptors (Lipinski definition) is 22. The molecular formula is C48H40N8O18. The van der Waals surface area contributed by atoms with Crippen LogP contribution in [0.3, 0.4) is 0 Å². The van der Waals surface area contributed by atoms with E-state index in [1.54, 1.807) is 0 Å². The lowest BCUT2D eigenvalue weighted by molar-refractivity contribution is -0.385. The number of phenolic OH excluding ortho intramolecular Hbond substituents is 4. The highest BCUT2D eigenvalue weighted by Crippen LogP contribution is 2.42. The zero-order valence-electron chi connectivity index (χ0n) is 38.3. The van der Waals surface area contributed by atoms with Crippen LogP contribution in [0.4, 0.5) is 45.5 Å². The van der Waals surface area contributed by atoms with Gasteiger partial charge in [0.2, 0.25) is 0 Å². The minimum absolute atomic E-state index is 0.0121. The van der Waals surface area contributed by atoms with Crippen LogP contribution >= 0.6 is 0 Å². The maximum atomic E-state index is 11.5. The van der Waals surface area contributed by atoms with Gasteiger partial charge in [0.25, 0.3) is 22.7 Å². The Labute approximate surface area is 416 Å². The van der Waals surface area contributed by atoms with E-state index in [9.17, 15) is 60.9 Å². The number of fused-ring (bicyclic) bond motifs is 2. The van der Waals surface area contributed by atoms with E-state index in [1.165, 1.54) is 24.3 Å². The third-order valence-electron chi connectivity index (χ3n) is 10.3. The van der Waals surface area contributed by atoms with Gasteiger partial charge < -0.3 is 48.8 Å². The maximum Gasteiger partial charge on any atom is 0.270 e. The van der Waals surface area contributed by atoms with Crippen LogP contribution in [0.5, 0.6) is 46.0 Å². The van der Waals surface area contributed by atoms with Crippen molar-refractivity contribution in [2.45, 2.75) is 0 Å². The Balaban J connectivity index is 1.16. The average Bonchev–Trinajstić information content (AvgIpc) is 3.37. The lowest BCUT2D eigenvalue weighted by atomic mass is 10.2. The Morgan fingerprint density at radius 1 is 0.351 bits per heavy atom. The van der Waals surface area contributed by atoms with Gasteiger partial charge in [-0.25, -0.2) is 0 Å². The quantitative estimate of drug-likeness (QED) is 0.0507. The first-order chi connectivity index (χ1) is 35.6. The molecule has 0 spiro atoms. The zero-order valence-corrected chi connectivity index (χ0v) is 38.3. The van der Waals surface area contributed by atoms with E-state index < -0.39 is 19.7 Å². The van der Waals surface area contributed by atoms with Crippen LogP contribution in [0.1, 0.15) is 22.3 Å². The van der Waals surface area contributed by atoms with Crippen molar-refractivity contribution in [3.8, 4) is 46.0 Å². The summed E-state index contributed by atoms with van der Waals surface area (Å²) in [5, 5.41) is 87.8. The second kappa shape index (κ2) is 24.2. The van der Waals surface area contributed by atoms with Crippen molar-refractivity contribution < 1.29 is 68.5 Å². The van der Waals surface area contributed by atoms with Gasteiger partial charge >= 0.3 is 0 Å². The molecule has 0 radical (unpaired) electrons. The molecule has 6 aromatic carbocycles. The van der Waals surface area contributed by atoms with E-state index in [4.69, 9.17) is 28.4 Å². The number of non-ortho nitro benzene ring substituents is 4. The topological polar surface area (TPSA) is 358 Å². The summed E-state index contributed by atoms with van der Waals surface area (Å²) >= 11 is 0. The SMILES string of the molecule is O=[N+]([O-])c1ccc(O)c(C=Nc2cc3c(cc2N=Cc2cc([N+](=O)[O-])ccc2O)OCCOCCOc2cc(N=Cc4cc([N+](=O)[O-])ccc4O)c(N=Cc4cc([N+](=O)[O-])ccc4O)cc2OCCOCCO3)c1. The highest BCUT2D eigenvalue weighted by molar-refractivity contribution is 5.92. The van der Waals surface area contributed by atoms with Crippen molar-refractivity contribution in [1.29, 1.82) is 0 Å². The molecule has 1 heterocycles. The first-order valence-electron chi connectivity index (χ1n) is 21.7. The van der Waals surface area contributed by atoms with E-state index in [0.717, 1.165) is 97.7 Å². The van der Waals surface area contributed by atoms with Gasteiger partial charge in [-0.15, -0.1) is 0 Å². The van der Waals surface area contributed by atoms with E-state index in [2.05, 4.69) is 20.0 Å². The summed E-state index contributed by atoms with van der Waals surface area (Å²) < 4.78 is 35.9. The number of aromatic hydroxyl groups is 4. The van der Waals surface area contributed by atoms with Crippen LogP contribution in [-0.2, 0) is 9.47 Å². The number of rotatable bonds is 12. The number of hydrogen-bond donors (Lipinski definition) is 4. The Morgan fingerprint density at radius 2 is 0.568 bits per heavy atom. The van der Waals surface area contributed by atoms with E-state index >= 15 is 0 Å². The van der Waals surface area contributed by atoms with Crippen molar-refractivity contribution >= 4 is 70.4 Å². The summed E-state index contributed by atoms with van der Waals surface area (Å²) in [5.74, 6) is -0.767. The second-order valence-corrected chi connectivity index (χ2v) is 15.2. The molecule has 4 N–H and O–H groups in total. The third-order valence-corrected chi connectivity index (χ3v) is 10.3. The molecule has 1 aliphatic heterocycles. The van der Waals surface area contributed by atoms with E-state index in [1.807, 2.05) is 0 Å². The van der Waals surface area contributed by atoms with Gasteiger partial charge in [-0.1, -0.05) is 0 Å². The van der Waals surface area contributed by atoms with Crippen molar-refractivity contribution in [2.75, 3.05) is 52.9 Å². The largest absolute Gasteiger partial charge is 0.507 e. The zero-order chi connectivity index (χ0) is 52.7. The normalized spacial score (nSPS) is 13.7. The van der Waals surface area contributed by atoms with Crippen LogP contribution < -0.4 is 18.9 Å². The van der Waals surface area contributed by atoms with Gasteiger partial charge in [-0.05, 0) is 24.3 Å². The molecule has 26 heteroatoms. The maximum absolute atomic E-state index is 11.5. The van der Waals surface area contributed by atoms with Crippen LogP contribution in [0.2, 0.25) is 0 Å². The molecule has 0 fully saturated rings. The van der Waals surface area contributed by atoms with Gasteiger partial charge in [0.15, 0.2) is 23.0 Å². The van der Waals surface area contributed by atoms with Crippen molar-refractivity contribution in [1.82, 2.24) is 0 Å². The highest BCUT2D eigenvalue weighted by atomic mass is 16.6. The molecule has 0 unspecified atom stereocenters. The number of ether oxygens (including phenoxy) is 6. The molecular weight excluding hydrogens is 977 g/mol. The van der Waals surface area contributed by atoms with Gasteiger partial charge in [-0.2, -0.15) is 0 Å². The molecule has 0 bridgehead atoms. The predicted molar refractivity (Wildman–Crippen MR) is 265 cm³/mol. The molecule has 0 atom stereocenters. The minimum Gasteiger partial charge on any atom is -0.507 e. The molecule has 26 nitrogen and oxygen atoms in total. The number of phenols is 4. The summed E-state index contributed by atoms with van der Waals surface area (Å²) in [5.41, 5.74) is -1.04. The van der Waals surface area contributed by atoms with Crippen LogP contribution in [0.15, 0.2) is 117 Å². The molecule has 7 rings (SSSR count). The number of aliphatic imine (C=N–C) groups is 4. The molecule has 380 valence electrons. The smallest absolute Gasteiger partial charge is 0.270 e. The number of nitro groups is 4. The number of nitro benzene ring substituents is 4. The highest BCUT2D eigenvalue weighted by Gasteiger charge is 2.18. The average molecular weight is 1020 g/mol. The number of benzene rings is 6. The fourth-order valence-electron chi connectivity index (χ4n) is 6.58. The van der Waals surface area contributed by atoms with Crippen molar-refractivity contribution in [3.63, 3.8) is 0 Å². The summed E-state index contributed by atoms with van der Waals surface area (Å²) in [4.78, 5) is 61.0. The summed E-state index contributed by atoms with van der Waals surface area (Å²) in [6.45, 7) is -0.341. The molecule has 0 amide bonds. The lowest BCUT2D eigenvalue weighted by Gasteiger charge is -2.17. The lowest BCUT2D eigenvalue weighted by Crippen LogP contribution is -2.15. The molecule has 74 heavy (non-hydrogen) atoms. The third kappa shape index (κ3) is 13.6. The molecule has 0 aliphatic carbocycles. The van der Waals surface area contributed by atoms with Gasteiger partial charge in [-0.3, -0.25) is 60.4 Å². The van der Waals surface area contributed by atoms with Gasteiger partial charge in [0.05, 0.1) is 68.9 Å². The Kier molecular flexibility index (Phi) is 16.9. The summed E-state index contributed by atoms with van der Waals surface area (Å²) in [6.07, 6.45) is 4.63. The molecule has 1 aliphatic rings. The molecule has 6 aromatic rings.